The van der Waals surface area contributed by atoms with E-state index in [1.165, 1.54) is 24.0 Å². The number of rotatable bonds is 5. The van der Waals surface area contributed by atoms with Crippen LogP contribution in [0.1, 0.15) is 43.4 Å². The molecule has 1 saturated carbocycles. The molecule has 1 aliphatic rings. The number of hydrogen-bond acceptors (Lipinski definition) is 2. The molecule has 2 heteroatoms. The molecule has 0 spiro atoms. The molecule has 1 atom stereocenters. The van der Waals surface area contributed by atoms with Crippen LogP contribution in [0.4, 0.5) is 0 Å². The molecule has 0 aliphatic heterocycles. The second-order valence-electron chi connectivity index (χ2n) is 6.05. The van der Waals surface area contributed by atoms with E-state index in [-0.39, 0.29) is 5.92 Å². The summed E-state index contributed by atoms with van der Waals surface area (Å²) in [5.41, 5.74) is 2.69. The van der Waals surface area contributed by atoms with E-state index < -0.39 is 5.60 Å². The standard InChI is InChI=1S/C16H25NO/c1-11(2)16(18,10-17-14-7-8-14)15-9-12(3)5-6-13(15)4/h5-6,9,11,14,17-18H,7-8,10H2,1-4H3. The maximum atomic E-state index is 11.1. The van der Waals surface area contributed by atoms with Crippen LogP contribution in [0.15, 0.2) is 18.2 Å². The Labute approximate surface area is 110 Å². The lowest BCUT2D eigenvalue weighted by molar-refractivity contribution is -0.0101. The molecular weight excluding hydrogens is 222 g/mol. The summed E-state index contributed by atoms with van der Waals surface area (Å²) in [6, 6.07) is 6.97. The lowest BCUT2D eigenvalue weighted by Crippen LogP contribution is -2.43. The van der Waals surface area contributed by atoms with Gasteiger partial charge >= 0.3 is 0 Å². The molecule has 0 saturated heterocycles. The first kappa shape index (κ1) is 13.6. The fourth-order valence-corrected chi connectivity index (χ4v) is 2.40. The van der Waals surface area contributed by atoms with E-state index in [1.807, 2.05) is 0 Å². The molecule has 1 aliphatic carbocycles. The fraction of sp³-hybridized carbons (Fsp3) is 0.625. The van der Waals surface area contributed by atoms with Crippen molar-refractivity contribution < 1.29 is 5.11 Å². The molecule has 2 N–H and O–H groups in total. The van der Waals surface area contributed by atoms with Crippen molar-refractivity contribution in [3.8, 4) is 0 Å². The van der Waals surface area contributed by atoms with Gasteiger partial charge < -0.3 is 10.4 Å². The first-order chi connectivity index (χ1) is 8.43. The van der Waals surface area contributed by atoms with Crippen molar-refractivity contribution in [3.05, 3.63) is 34.9 Å². The quantitative estimate of drug-likeness (QED) is 0.838. The van der Waals surface area contributed by atoms with Crippen molar-refractivity contribution in [1.82, 2.24) is 5.32 Å². The first-order valence-electron chi connectivity index (χ1n) is 6.97. The molecule has 1 unspecified atom stereocenters. The van der Waals surface area contributed by atoms with Crippen LogP contribution in [0.25, 0.3) is 0 Å². The topological polar surface area (TPSA) is 32.3 Å². The molecular formula is C16H25NO. The van der Waals surface area contributed by atoms with Crippen molar-refractivity contribution in [2.24, 2.45) is 5.92 Å². The Morgan fingerprint density at radius 1 is 1.33 bits per heavy atom. The Hall–Kier alpha value is -0.860. The summed E-state index contributed by atoms with van der Waals surface area (Å²) in [5, 5.41) is 14.6. The zero-order valence-electron chi connectivity index (χ0n) is 12.0. The highest BCUT2D eigenvalue weighted by Crippen LogP contribution is 2.33. The molecule has 0 radical (unpaired) electrons. The van der Waals surface area contributed by atoms with Crippen molar-refractivity contribution in [3.63, 3.8) is 0 Å². The monoisotopic (exact) mass is 247 g/mol. The summed E-state index contributed by atoms with van der Waals surface area (Å²) in [4.78, 5) is 0. The SMILES string of the molecule is Cc1ccc(C)c(C(O)(CNC2CC2)C(C)C)c1. The van der Waals surface area contributed by atoms with Crippen LogP contribution in [0, 0.1) is 19.8 Å². The summed E-state index contributed by atoms with van der Waals surface area (Å²) in [6.45, 7) is 9.00. The highest BCUT2D eigenvalue weighted by molar-refractivity contribution is 5.35. The van der Waals surface area contributed by atoms with Crippen molar-refractivity contribution in [2.45, 2.75) is 52.2 Å². The van der Waals surface area contributed by atoms with E-state index >= 15 is 0 Å². The molecule has 0 heterocycles. The Morgan fingerprint density at radius 3 is 2.56 bits per heavy atom. The van der Waals surface area contributed by atoms with Gasteiger partial charge in [-0.1, -0.05) is 37.6 Å². The highest BCUT2D eigenvalue weighted by atomic mass is 16.3. The van der Waals surface area contributed by atoms with Crippen LogP contribution in [-0.2, 0) is 5.60 Å². The number of benzene rings is 1. The predicted octanol–water partition coefficient (Wildman–Crippen LogP) is 2.90. The molecule has 1 aromatic rings. The average Bonchev–Trinajstić information content (AvgIpc) is 3.13. The van der Waals surface area contributed by atoms with Gasteiger partial charge in [0.15, 0.2) is 0 Å². The zero-order chi connectivity index (χ0) is 13.3. The predicted molar refractivity (Wildman–Crippen MR) is 75.7 cm³/mol. The van der Waals surface area contributed by atoms with Gasteiger partial charge in [0.1, 0.15) is 5.60 Å². The Kier molecular flexibility index (Phi) is 3.79. The normalized spacial score (nSPS) is 19.0. The van der Waals surface area contributed by atoms with Crippen molar-refractivity contribution in [1.29, 1.82) is 0 Å². The molecule has 1 fully saturated rings. The van der Waals surface area contributed by atoms with Crippen LogP contribution in [-0.4, -0.2) is 17.7 Å². The van der Waals surface area contributed by atoms with Crippen LogP contribution >= 0.6 is 0 Å². The van der Waals surface area contributed by atoms with Gasteiger partial charge in [-0.25, -0.2) is 0 Å². The van der Waals surface area contributed by atoms with Gasteiger partial charge in [-0.05, 0) is 43.7 Å². The lowest BCUT2D eigenvalue weighted by Gasteiger charge is -2.34. The second kappa shape index (κ2) is 5.02. The Balaban J connectivity index is 2.28. The van der Waals surface area contributed by atoms with Crippen molar-refractivity contribution in [2.75, 3.05) is 6.54 Å². The van der Waals surface area contributed by atoms with Crippen LogP contribution in [0.3, 0.4) is 0 Å². The van der Waals surface area contributed by atoms with Gasteiger partial charge in [-0.3, -0.25) is 0 Å². The van der Waals surface area contributed by atoms with Gasteiger partial charge in [-0.15, -0.1) is 0 Å². The molecule has 0 aromatic heterocycles. The largest absolute Gasteiger partial charge is 0.384 e. The van der Waals surface area contributed by atoms with E-state index in [9.17, 15) is 5.11 Å². The third-order valence-electron chi connectivity index (χ3n) is 4.05. The van der Waals surface area contributed by atoms with Gasteiger partial charge in [-0.2, -0.15) is 0 Å². The van der Waals surface area contributed by atoms with Gasteiger partial charge in [0.2, 0.25) is 0 Å². The Morgan fingerprint density at radius 2 is 2.00 bits per heavy atom. The summed E-state index contributed by atoms with van der Waals surface area (Å²) in [6.07, 6.45) is 2.50. The minimum absolute atomic E-state index is 0.198. The minimum atomic E-state index is -0.765. The highest BCUT2D eigenvalue weighted by Gasteiger charge is 2.36. The van der Waals surface area contributed by atoms with Crippen LogP contribution in [0.5, 0.6) is 0 Å². The average molecular weight is 247 g/mol. The molecule has 1 aromatic carbocycles. The van der Waals surface area contributed by atoms with E-state index in [2.05, 4.69) is 51.2 Å². The third-order valence-corrected chi connectivity index (χ3v) is 4.05. The Bertz CT molecular complexity index is 423. The third kappa shape index (κ3) is 2.76. The van der Waals surface area contributed by atoms with E-state index in [0.717, 1.165) is 5.56 Å². The number of hydrogen-bond donors (Lipinski definition) is 2. The second-order valence-corrected chi connectivity index (χ2v) is 6.05. The summed E-state index contributed by atoms with van der Waals surface area (Å²) in [5.74, 6) is 0.198. The van der Waals surface area contributed by atoms with Crippen LogP contribution in [0.2, 0.25) is 0 Å². The van der Waals surface area contributed by atoms with Gasteiger partial charge in [0.25, 0.3) is 0 Å². The van der Waals surface area contributed by atoms with Gasteiger partial charge in [0, 0.05) is 12.6 Å². The van der Waals surface area contributed by atoms with E-state index in [4.69, 9.17) is 0 Å². The first-order valence-corrected chi connectivity index (χ1v) is 6.97. The van der Waals surface area contributed by atoms with E-state index in [1.54, 1.807) is 0 Å². The maximum absolute atomic E-state index is 11.1. The maximum Gasteiger partial charge on any atom is 0.105 e. The number of aliphatic hydroxyl groups is 1. The van der Waals surface area contributed by atoms with E-state index in [0.29, 0.717) is 12.6 Å². The number of nitrogens with one attached hydrogen (secondary N) is 1. The molecule has 2 nitrogen and oxygen atoms in total. The molecule has 18 heavy (non-hydrogen) atoms. The summed E-state index contributed by atoms with van der Waals surface area (Å²) in [7, 11) is 0. The molecule has 0 bridgehead atoms. The minimum Gasteiger partial charge on any atom is -0.384 e. The molecule has 2 rings (SSSR count). The summed E-state index contributed by atoms with van der Waals surface area (Å²) >= 11 is 0. The van der Waals surface area contributed by atoms with Crippen LogP contribution < -0.4 is 5.32 Å². The summed E-state index contributed by atoms with van der Waals surface area (Å²) < 4.78 is 0. The lowest BCUT2D eigenvalue weighted by atomic mass is 9.80. The fourth-order valence-electron chi connectivity index (χ4n) is 2.40. The van der Waals surface area contributed by atoms with Crippen molar-refractivity contribution >= 4 is 0 Å². The van der Waals surface area contributed by atoms with Gasteiger partial charge in [0.05, 0.1) is 0 Å². The molecule has 100 valence electrons. The zero-order valence-corrected chi connectivity index (χ0v) is 12.0. The molecule has 0 amide bonds. The smallest absolute Gasteiger partial charge is 0.105 e. The number of aryl methyl sites for hydroxylation is 2.